The maximum atomic E-state index is 8.99. The van der Waals surface area contributed by atoms with Gasteiger partial charge in [0.2, 0.25) is 0 Å². The van der Waals surface area contributed by atoms with Crippen molar-refractivity contribution in [1.29, 1.82) is 5.26 Å². The van der Waals surface area contributed by atoms with E-state index in [1.807, 2.05) is 32.1 Å². The third-order valence-electron chi connectivity index (χ3n) is 2.20. The third-order valence-corrected chi connectivity index (χ3v) is 2.20. The van der Waals surface area contributed by atoms with E-state index in [-0.39, 0.29) is 0 Å². The molecule has 0 atom stereocenters. The first-order valence-corrected chi connectivity index (χ1v) is 4.87. The molecule has 0 aliphatic heterocycles. The molecule has 1 nitrogen and oxygen atoms in total. The molecule has 0 saturated carbocycles. The molecule has 0 saturated heterocycles. The minimum absolute atomic E-state index is 0.782. The van der Waals surface area contributed by atoms with Gasteiger partial charge in [-0.15, -0.1) is 0 Å². The minimum Gasteiger partial charge on any atom is -0.192 e. The lowest BCUT2D eigenvalue weighted by Crippen LogP contribution is -1.87. The summed E-state index contributed by atoms with van der Waals surface area (Å²) in [6, 6.07) is 8.42. The van der Waals surface area contributed by atoms with Crippen molar-refractivity contribution in [2.75, 3.05) is 0 Å². The van der Waals surface area contributed by atoms with E-state index in [1.165, 1.54) is 11.1 Å². The summed E-state index contributed by atoms with van der Waals surface area (Å²) in [7, 11) is 0. The number of aryl methyl sites for hydroxylation is 2. The smallest absolute Gasteiger partial charge is 0.0994 e. The minimum atomic E-state index is 0.782. The quantitative estimate of drug-likeness (QED) is 0.645. The van der Waals surface area contributed by atoms with E-state index in [1.54, 1.807) is 0 Å². The Kier molecular flexibility index (Phi) is 3.48. The Balaban J connectivity index is 3.19. The first-order valence-electron chi connectivity index (χ1n) is 4.87. The third kappa shape index (κ3) is 2.23. The molecule has 0 aliphatic carbocycles. The Morgan fingerprint density at radius 1 is 1.43 bits per heavy atom. The molecule has 0 spiro atoms. The molecule has 0 N–H and O–H groups in total. The fourth-order valence-corrected chi connectivity index (χ4v) is 1.54. The predicted molar refractivity (Wildman–Crippen MR) is 59.8 cm³/mol. The fraction of sp³-hybridized carbons (Fsp3) is 0.308. The molecule has 0 bridgehead atoms. The first-order chi connectivity index (χ1) is 6.69. The summed E-state index contributed by atoms with van der Waals surface area (Å²) in [6.07, 6.45) is 2.87. The van der Waals surface area contributed by atoms with Gasteiger partial charge in [0.15, 0.2) is 0 Å². The van der Waals surface area contributed by atoms with Gasteiger partial charge < -0.3 is 0 Å². The monoisotopic (exact) mass is 185 g/mol. The van der Waals surface area contributed by atoms with Crippen LogP contribution in [0.1, 0.15) is 30.0 Å². The second-order valence-electron chi connectivity index (χ2n) is 3.46. The zero-order valence-corrected chi connectivity index (χ0v) is 8.96. The van der Waals surface area contributed by atoms with Crippen LogP contribution in [0.25, 0.3) is 5.57 Å². The van der Waals surface area contributed by atoms with Gasteiger partial charge in [0.1, 0.15) is 0 Å². The molecule has 0 unspecified atom stereocenters. The zero-order chi connectivity index (χ0) is 10.6. The van der Waals surface area contributed by atoms with Crippen molar-refractivity contribution >= 4 is 5.57 Å². The van der Waals surface area contributed by atoms with E-state index in [2.05, 4.69) is 19.1 Å². The van der Waals surface area contributed by atoms with Crippen molar-refractivity contribution in [3.63, 3.8) is 0 Å². The van der Waals surface area contributed by atoms with Gasteiger partial charge in [0.25, 0.3) is 0 Å². The topological polar surface area (TPSA) is 23.8 Å². The molecule has 72 valence electrons. The number of nitrogens with zero attached hydrogens (tertiary/aromatic N) is 1. The molecule has 1 aromatic carbocycles. The van der Waals surface area contributed by atoms with Crippen molar-refractivity contribution in [2.24, 2.45) is 0 Å². The van der Waals surface area contributed by atoms with Crippen LogP contribution >= 0.6 is 0 Å². The maximum Gasteiger partial charge on any atom is 0.0994 e. The highest BCUT2D eigenvalue weighted by molar-refractivity contribution is 5.78. The molecular weight excluding hydrogens is 170 g/mol. The van der Waals surface area contributed by atoms with E-state index in [9.17, 15) is 0 Å². The molecule has 0 fully saturated rings. The number of hydrogen-bond acceptors (Lipinski definition) is 1. The summed E-state index contributed by atoms with van der Waals surface area (Å²) in [6.45, 7) is 6.15. The van der Waals surface area contributed by atoms with Crippen LogP contribution in [0, 0.1) is 25.2 Å². The molecule has 14 heavy (non-hydrogen) atoms. The maximum absolute atomic E-state index is 8.99. The van der Waals surface area contributed by atoms with E-state index < -0.39 is 0 Å². The highest BCUT2D eigenvalue weighted by Crippen LogP contribution is 2.19. The van der Waals surface area contributed by atoms with E-state index in [4.69, 9.17) is 5.26 Å². The lowest BCUT2D eigenvalue weighted by atomic mass is 9.99. The summed E-state index contributed by atoms with van der Waals surface area (Å²) in [5, 5.41) is 8.99. The van der Waals surface area contributed by atoms with Crippen LogP contribution in [0.5, 0.6) is 0 Å². The van der Waals surface area contributed by atoms with Gasteiger partial charge in [-0.25, -0.2) is 0 Å². The molecular formula is C13H15N. The Morgan fingerprint density at radius 3 is 2.64 bits per heavy atom. The molecule has 0 heterocycles. The molecule has 1 rings (SSSR count). The SMILES string of the molecule is CC/C=C(/C#N)c1ccc(C)cc1C. The van der Waals surface area contributed by atoms with E-state index in [0.29, 0.717) is 0 Å². The number of nitriles is 1. The molecule has 0 radical (unpaired) electrons. The molecule has 1 heteroatoms. The number of allylic oxidation sites excluding steroid dienone is 2. The van der Waals surface area contributed by atoms with Gasteiger partial charge in [-0.1, -0.05) is 36.8 Å². The summed E-state index contributed by atoms with van der Waals surface area (Å²) < 4.78 is 0. The van der Waals surface area contributed by atoms with Gasteiger partial charge in [-0.3, -0.25) is 0 Å². The van der Waals surface area contributed by atoms with Crippen LogP contribution in [0.3, 0.4) is 0 Å². The van der Waals surface area contributed by atoms with Crippen LogP contribution in [0.2, 0.25) is 0 Å². The average Bonchev–Trinajstić information content (AvgIpc) is 2.15. The number of benzene rings is 1. The van der Waals surface area contributed by atoms with Gasteiger partial charge in [0, 0.05) is 0 Å². The van der Waals surface area contributed by atoms with Crippen LogP contribution < -0.4 is 0 Å². The summed E-state index contributed by atoms with van der Waals surface area (Å²) >= 11 is 0. The van der Waals surface area contributed by atoms with Gasteiger partial charge in [0.05, 0.1) is 11.6 Å². The normalized spacial score (nSPS) is 11.1. The highest BCUT2D eigenvalue weighted by Gasteiger charge is 2.03. The first kappa shape index (κ1) is 10.5. The van der Waals surface area contributed by atoms with Crippen LogP contribution in [-0.2, 0) is 0 Å². The molecule has 0 aliphatic rings. The largest absolute Gasteiger partial charge is 0.192 e. The fourth-order valence-electron chi connectivity index (χ4n) is 1.54. The van der Waals surface area contributed by atoms with Crippen LogP contribution in [0.15, 0.2) is 24.3 Å². The standard InChI is InChI=1S/C13H15N/c1-4-5-12(9-14)13-7-6-10(2)8-11(13)3/h5-8H,4H2,1-3H3/b12-5-. The van der Waals surface area contributed by atoms with Crippen molar-refractivity contribution in [2.45, 2.75) is 27.2 Å². The van der Waals surface area contributed by atoms with Crippen LogP contribution in [-0.4, -0.2) is 0 Å². The lowest BCUT2D eigenvalue weighted by molar-refractivity contribution is 1.22. The Morgan fingerprint density at radius 2 is 2.14 bits per heavy atom. The highest BCUT2D eigenvalue weighted by atomic mass is 14.2. The second kappa shape index (κ2) is 4.62. The predicted octanol–water partition coefficient (Wildman–Crippen LogP) is 3.62. The Labute approximate surface area is 85.7 Å². The van der Waals surface area contributed by atoms with E-state index >= 15 is 0 Å². The van der Waals surface area contributed by atoms with Crippen molar-refractivity contribution in [3.05, 3.63) is 41.0 Å². The van der Waals surface area contributed by atoms with Gasteiger partial charge >= 0.3 is 0 Å². The van der Waals surface area contributed by atoms with E-state index in [0.717, 1.165) is 17.6 Å². The Hall–Kier alpha value is -1.55. The molecule has 1 aromatic rings. The van der Waals surface area contributed by atoms with Crippen molar-refractivity contribution in [3.8, 4) is 6.07 Å². The van der Waals surface area contributed by atoms with Gasteiger partial charge in [-0.05, 0) is 31.4 Å². The lowest BCUT2D eigenvalue weighted by Gasteiger charge is -2.04. The van der Waals surface area contributed by atoms with Crippen molar-refractivity contribution < 1.29 is 0 Å². The van der Waals surface area contributed by atoms with Crippen LogP contribution in [0.4, 0.5) is 0 Å². The molecule has 0 aromatic heterocycles. The zero-order valence-electron chi connectivity index (χ0n) is 8.96. The molecule has 0 amide bonds. The second-order valence-corrected chi connectivity index (χ2v) is 3.46. The summed E-state index contributed by atoms with van der Waals surface area (Å²) in [4.78, 5) is 0. The van der Waals surface area contributed by atoms with Gasteiger partial charge in [-0.2, -0.15) is 5.26 Å². The number of hydrogen-bond donors (Lipinski definition) is 0. The number of rotatable bonds is 2. The summed E-state index contributed by atoms with van der Waals surface area (Å²) in [5.74, 6) is 0. The van der Waals surface area contributed by atoms with Crippen molar-refractivity contribution in [1.82, 2.24) is 0 Å². The summed E-state index contributed by atoms with van der Waals surface area (Å²) in [5.41, 5.74) is 4.25. The Bertz CT molecular complexity index is 394. The average molecular weight is 185 g/mol.